The van der Waals surface area contributed by atoms with Gasteiger partial charge in [-0.15, -0.1) is 0 Å². The van der Waals surface area contributed by atoms with E-state index in [0.717, 1.165) is 5.56 Å². The minimum absolute atomic E-state index is 0.0189. The van der Waals surface area contributed by atoms with E-state index < -0.39 is 0 Å². The number of halogens is 1. The van der Waals surface area contributed by atoms with E-state index in [1.807, 2.05) is 32.9 Å². The average Bonchev–Trinajstić information content (AvgIpc) is 2.86. The van der Waals surface area contributed by atoms with E-state index in [0.29, 0.717) is 35.6 Å². The molecule has 0 fully saturated rings. The summed E-state index contributed by atoms with van der Waals surface area (Å²) in [7, 11) is 1.76. The van der Waals surface area contributed by atoms with Crippen LogP contribution in [0, 0.1) is 0 Å². The summed E-state index contributed by atoms with van der Waals surface area (Å²) >= 11 is 6.33. The third-order valence-corrected chi connectivity index (χ3v) is 3.07. The summed E-state index contributed by atoms with van der Waals surface area (Å²) in [6, 6.07) is 3.75. The van der Waals surface area contributed by atoms with Crippen molar-refractivity contribution in [1.29, 1.82) is 0 Å². The van der Waals surface area contributed by atoms with Crippen LogP contribution in [-0.2, 0) is 13.6 Å². The third-order valence-electron chi connectivity index (χ3n) is 2.79. The predicted molar refractivity (Wildman–Crippen MR) is 84.5 cm³/mol. The van der Waals surface area contributed by atoms with Gasteiger partial charge in [0.2, 0.25) is 5.95 Å². The first-order valence-electron chi connectivity index (χ1n) is 7.09. The maximum atomic E-state index is 6.33. The van der Waals surface area contributed by atoms with Gasteiger partial charge in [-0.25, -0.2) is 4.68 Å². The standard InChI is InChI=1S/C14H20ClN5O2/c1-5-21-12-7-10(6-11(15)13(12)22-9(2)3)8-16-14-17-18-19-20(14)4/h6-7,9H,5,8H2,1-4H3,(H,16,17,19). The molecule has 1 heterocycles. The Labute approximate surface area is 134 Å². The molecule has 2 rings (SSSR count). The molecule has 0 saturated carbocycles. The minimum atomic E-state index is 0.0189. The van der Waals surface area contributed by atoms with Gasteiger partial charge < -0.3 is 14.8 Å². The van der Waals surface area contributed by atoms with Gasteiger partial charge in [-0.2, -0.15) is 0 Å². The first-order chi connectivity index (χ1) is 10.5. The summed E-state index contributed by atoms with van der Waals surface area (Å²) < 4.78 is 12.9. The molecule has 120 valence electrons. The van der Waals surface area contributed by atoms with Crippen LogP contribution in [-0.4, -0.2) is 32.9 Å². The number of nitrogens with zero attached hydrogens (tertiary/aromatic N) is 4. The topological polar surface area (TPSA) is 74.1 Å². The molecule has 22 heavy (non-hydrogen) atoms. The van der Waals surface area contributed by atoms with Crippen molar-refractivity contribution in [2.45, 2.75) is 33.4 Å². The van der Waals surface area contributed by atoms with Gasteiger partial charge in [-0.1, -0.05) is 16.7 Å². The second-order valence-electron chi connectivity index (χ2n) is 4.98. The quantitative estimate of drug-likeness (QED) is 0.843. The van der Waals surface area contributed by atoms with E-state index in [4.69, 9.17) is 21.1 Å². The number of ether oxygens (including phenoxy) is 2. The lowest BCUT2D eigenvalue weighted by Gasteiger charge is -2.17. The number of anilines is 1. The molecule has 0 aliphatic rings. The summed E-state index contributed by atoms with van der Waals surface area (Å²) in [5.74, 6) is 1.79. The first kappa shape index (κ1) is 16.4. The largest absolute Gasteiger partial charge is 0.490 e. The molecule has 0 radical (unpaired) electrons. The Kier molecular flexibility index (Phi) is 5.43. The van der Waals surface area contributed by atoms with E-state index in [1.54, 1.807) is 11.7 Å². The van der Waals surface area contributed by atoms with Crippen LogP contribution in [0.2, 0.25) is 5.02 Å². The van der Waals surface area contributed by atoms with Gasteiger partial charge in [-0.3, -0.25) is 0 Å². The van der Waals surface area contributed by atoms with Gasteiger partial charge in [0.05, 0.1) is 17.7 Å². The molecule has 0 bridgehead atoms. The predicted octanol–water partition coefficient (Wildman–Crippen LogP) is 2.66. The summed E-state index contributed by atoms with van der Waals surface area (Å²) in [4.78, 5) is 0. The van der Waals surface area contributed by atoms with E-state index in [-0.39, 0.29) is 6.10 Å². The maximum absolute atomic E-state index is 6.33. The highest BCUT2D eigenvalue weighted by Gasteiger charge is 2.14. The Hall–Kier alpha value is -2.02. The second-order valence-corrected chi connectivity index (χ2v) is 5.39. The zero-order valence-electron chi connectivity index (χ0n) is 13.1. The molecule has 1 aromatic heterocycles. The number of rotatable bonds is 7. The molecule has 0 aliphatic carbocycles. The van der Waals surface area contributed by atoms with Gasteiger partial charge in [0.1, 0.15) is 0 Å². The van der Waals surface area contributed by atoms with E-state index in [2.05, 4.69) is 20.8 Å². The van der Waals surface area contributed by atoms with Crippen molar-refractivity contribution in [3.63, 3.8) is 0 Å². The zero-order chi connectivity index (χ0) is 16.1. The summed E-state index contributed by atoms with van der Waals surface area (Å²) in [6.07, 6.45) is 0.0189. The maximum Gasteiger partial charge on any atom is 0.242 e. The van der Waals surface area contributed by atoms with Crippen molar-refractivity contribution >= 4 is 17.5 Å². The normalized spacial score (nSPS) is 10.8. The lowest BCUT2D eigenvalue weighted by atomic mass is 10.2. The van der Waals surface area contributed by atoms with Crippen molar-refractivity contribution in [3.8, 4) is 11.5 Å². The lowest BCUT2D eigenvalue weighted by Crippen LogP contribution is -2.09. The van der Waals surface area contributed by atoms with Crippen molar-refractivity contribution in [2.24, 2.45) is 7.05 Å². The second kappa shape index (κ2) is 7.31. The van der Waals surface area contributed by atoms with Crippen LogP contribution in [0.3, 0.4) is 0 Å². The molecular weight excluding hydrogens is 306 g/mol. The fourth-order valence-corrected chi connectivity index (χ4v) is 2.17. The molecule has 0 unspecified atom stereocenters. The van der Waals surface area contributed by atoms with Crippen LogP contribution in [0.25, 0.3) is 0 Å². The lowest BCUT2D eigenvalue weighted by molar-refractivity contribution is 0.224. The summed E-state index contributed by atoms with van der Waals surface area (Å²) in [5, 5.41) is 14.9. The number of hydrogen-bond donors (Lipinski definition) is 1. The third kappa shape index (κ3) is 4.00. The molecule has 0 amide bonds. The van der Waals surface area contributed by atoms with Crippen LogP contribution in [0.15, 0.2) is 12.1 Å². The number of aryl methyl sites for hydroxylation is 1. The highest BCUT2D eigenvalue weighted by Crippen LogP contribution is 2.37. The van der Waals surface area contributed by atoms with Crippen LogP contribution >= 0.6 is 11.6 Å². The van der Waals surface area contributed by atoms with Gasteiger partial charge in [0.15, 0.2) is 11.5 Å². The SMILES string of the molecule is CCOc1cc(CNc2nnnn2C)cc(Cl)c1OC(C)C. The van der Waals surface area contributed by atoms with Gasteiger partial charge in [0.25, 0.3) is 0 Å². The first-order valence-corrected chi connectivity index (χ1v) is 7.47. The van der Waals surface area contributed by atoms with Crippen molar-refractivity contribution in [2.75, 3.05) is 11.9 Å². The molecule has 0 aliphatic heterocycles. The number of hydrogen-bond acceptors (Lipinski definition) is 6. The van der Waals surface area contributed by atoms with Crippen molar-refractivity contribution in [3.05, 3.63) is 22.7 Å². The number of aromatic nitrogens is 4. The van der Waals surface area contributed by atoms with E-state index >= 15 is 0 Å². The molecule has 0 atom stereocenters. The molecule has 0 saturated heterocycles. The number of benzene rings is 1. The molecule has 1 aromatic carbocycles. The Morgan fingerprint density at radius 2 is 2.14 bits per heavy atom. The Balaban J connectivity index is 2.20. The Morgan fingerprint density at radius 1 is 1.36 bits per heavy atom. The summed E-state index contributed by atoms with van der Waals surface area (Å²) in [5.41, 5.74) is 0.951. The summed E-state index contributed by atoms with van der Waals surface area (Å²) in [6.45, 7) is 6.87. The smallest absolute Gasteiger partial charge is 0.242 e. The molecule has 0 spiro atoms. The highest BCUT2D eigenvalue weighted by atomic mass is 35.5. The minimum Gasteiger partial charge on any atom is -0.490 e. The molecule has 7 nitrogen and oxygen atoms in total. The van der Waals surface area contributed by atoms with E-state index in [9.17, 15) is 0 Å². The van der Waals surface area contributed by atoms with Crippen molar-refractivity contribution < 1.29 is 9.47 Å². The zero-order valence-corrected chi connectivity index (χ0v) is 13.9. The van der Waals surface area contributed by atoms with Gasteiger partial charge in [-0.05, 0) is 48.9 Å². The Morgan fingerprint density at radius 3 is 2.73 bits per heavy atom. The fraction of sp³-hybridized carbons (Fsp3) is 0.500. The van der Waals surface area contributed by atoms with Crippen LogP contribution in [0.5, 0.6) is 11.5 Å². The molecule has 2 aromatic rings. The number of nitrogens with one attached hydrogen (secondary N) is 1. The Bertz CT molecular complexity index is 630. The molecule has 8 heteroatoms. The van der Waals surface area contributed by atoms with Crippen LogP contribution < -0.4 is 14.8 Å². The van der Waals surface area contributed by atoms with Crippen LogP contribution in [0.1, 0.15) is 26.3 Å². The van der Waals surface area contributed by atoms with Crippen LogP contribution in [0.4, 0.5) is 5.95 Å². The highest BCUT2D eigenvalue weighted by molar-refractivity contribution is 6.32. The fourth-order valence-electron chi connectivity index (χ4n) is 1.90. The molecule has 1 N–H and O–H groups in total. The number of tetrazole rings is 1. The van der Waals surface area contributed by atoms with E-state index in [1.165, 1.54) is 0 Å². The van der Waals surface area contributed by atoms with Crippen molar-refractivity contribution in [1.82, 2.24) is 20.2 Å². The van der Waals surface area contributed by atoms with Gasteiger partial charge in [0, 0.05) is 13.6 Å². The average molecular weight is 326 g/mol. The van der Waals surface area contributed by atoms with Gasteiger partial charge >= 0.3 is 0 Å². The molecular formula is C14H20ClN5O2. The monoisotopic (exact) mass is 325 g/mol.